The molecule has 0 bridgehead atoms. The van der Waals surface area contributed by atoms with Crippen LogP contribution in [0, 0.1) is 0 Å². The molecule has 0 saturated carbocycles. The Kier molecular flexibility index (Phi) is 43.4. The summed E-state index contributed by atoms with van der Waals surface area (Å²) in [5.74, 6) is -0.591. The van der Waals surface area contributed by atoms with Gasteiger partial charge in [-0.15, -0.1) is 0 Å². The Balaban J connectivity index is 4.81. The average molecular weight is 820 g/mol. The number of aliphatic hydroxyl groups is 2. The molecule has 0 aromatic carbocycles. The summed E-state index contributed by atoms with van der Waals surface area (Å²) in [5, 5.41) is 23.6. The van der Waals surface area contributed by atoms with Gasteiger partial charge < -0.3 is 20.3 Å². The molecular weight excluding hydrogens is 731 g/mol. The van der Waals surface area contributed by atoms with Crippen LogP contribution < -0.4 is 5.32 Å². The Hall–Kier alpha value is -3.22. The number of aliphatic hydroxyl groups excluding tert-OH is 2. The molecule has 3 atom stereocenters. The number of nitrogens with one attached hydrogen (secondary N) is 1. The first kappa shape index (κ1) is 55.8. The van der Waals surface area contributed by atoms with Crippen molar-refractivity contribution in [2.45, 2.75) is 219 Å². The molecule has 0 rings (SSSR count). The fourth-order valence-electron chi connectivity index (χ4n) is 6.69. The van der Waals surface area contributed by atoms with E-state index in [-0.39, 0.29) is 24.9 Å². The number of ether oxygens (including phenoxy) is 1. The molecule has 0 spiro atoms. The molecule has 0 radical (unpaired) electrons. The third-order valence-corrected chi connectivity index (χ3v) is 10.3. The van der Waals surface area contributed by atoms with Gasteiger partial charge in [-0.25, -0.2) is 0 Å². The zero-order valence-electron chi connectivity index (χ0n) is 38.1. The van der Waals surface area contributed by atoms with Crippen molar-refractivity contribution in [1.29, 1.82) is 0 Å². The number of hydrogen-bond acceptors (Lipinski definition) is 5. The summed E-state index contributed by atoms with van der Waals surface area (Å²) < 4.78 is 5.86. The predicted octanol–water partition coefficient (Wildman–Crippen LogP) is 14.2. The molecule has 0 aromatic heterocycles. The van der Waals surface area contributed by atoms with Gasteiger partial charge in [0.15, 0.2) is 0 Å². The van der Waals surface area contributed by atoms with Gasteiger partial charge in [-0.3, -0.25) is 9.59 Å². The van der Waals surface area contributed by atoms with Crippen LogP contribution in [0.15, 0.2) is 97.2 Å². The molecule has 0 aliphatic carbocycles. The lowest BCUT2D eigenvalue weighted by Gasteiger charge is -2.24. The van der Waals surface area contributed by atoms with Crippen LogP contribution in [0.3, 0.4) is 0 Å². The lowest BCUT2D eigenvalue weighted by Crippen LogP contribution is -2.46. The quantitative estimate of drug-likeness (QED) is 0.0324. The maximum atomic E-state index is 13.1. The first-order valence-corrected chi connectivity index (χ1v) is 24.1. The van der Waals surface area contributed by atoms with Gasteiger partial charge in [-0.05, 0) is 64.2 Å². The van der Waals surface area contributed by atoms with Gasteiger partial charge in [0.2, 0.25) is 5.91 Å². The first-order chi connectivity index (χ1) is 29.0. The highest BCUT2D eigenvalue weighted by molar-refractivity contribution is 5.77. The van der Waals surface area contributed by atoms with E-state index in [4.69, 9.17) is 4.74 Å². The summed E-state index contributed by atoms with van der Waals surface area (Å²) in [6.07, 6.45) is 60.4. The fourth-order valence-corrected chi connectivity index (χ4v) is 6.69. The number of allylic oxidation sites excluding steroid dienone is 16. The van der Waals surface area contributed by atoms with E-state index in [2.05, 4.69) is 62.5 Å². The van der Waals surface area contributed by atoms with E-state index in [0.29, 0.717) is 19.3 Å². The third-order valence-electron chi connectivity index (χ3n) is 10.3. The smallest absolute Gasteiger partial charge is 0.306 e. The van der Waals surface area contributed by atoms with E-state index in [1.54, 1.807) is 0 Å². The highest BCUT2D eigenvalue weighted by Gasteiger charge is 2.24. The molecule has 0 aromatic rings. The van der Waals surface area contributed by atoms with E-state index in [1.807, 2.05) is 60.8 Å². The maximum Gasteiger partial charge on any atom is 0.306 e. The summed E-state index contributed by atoms with van der Waals surface area (Å²) in [6, 6.07) is -0.735. The second kappa shape index (κ2) is 45.9. The molecule has 0 fully saturated rings. The van der Waals surface area contributed by atoms with Gasteiger partial charge in [-0.2, -0.15) is 0 Å². The van der Waals surface area contributed by atoms with Crippen molar-refractivity contribution in [3.63, 3.8) is 0 Å². The van der Waals surface area contributed by atoms with E-state index >= 15 is 0 Å². The van der Waals surface area contributed by atoms with Crippen LogP contribution in [0.5, 0.6) is 0 Å². The number of amides is 1. The Bertz CT molecular complexity index is 1190. The second-order valence-corrected chi connectivity index (χ2v) is 16.0. The second-order valence-electron chi connectivity index (χ2n) is 16.0. The Labute approximate surface area is 363 Å². The molecule has 0 saturated heterocycles. The molecule has 3 unspecified atom stereocenters. The highest BCUT2D eigenvalue weighted by atomic mass is 16.5. The number of carbonyl (C=O) groups excluding carboxylic acids is 2. The SMILES string of the molecule is CC\C=C/C=C/C=C/C=C\C=C\C=C\CCCC(CC(=O)NC(CO)C(O)CCCCCCCCCCC)OC(=O)CCCCC/C=C/C=C/CCCCCCCCC. The van der Waals surface area contributed by atoms with Crippen LogP contribution in [0.4, 0.5) is 0 Å². The van der Waals surface area contributed by atoms with Crippen molar-refractivity contribution >= 4 is 11.9 Å². The number of hydrogen-bond donors (Lipinski definition) is 3. The van der Waals surface area contributed by atoms with Crippen molar-refractivity contribution in [2.75, 3.05) is 6.61 Å². The number of esters is 1. The minimum Gasteiger partial charge on any atom is -0.462 e. The molecule has 3 N–H and O–H groups in total. The van der Waals surface area contributed by atoms with E-state index in [0.717, 1.165) is 70.6 Å². The van der Waals surface area contributed by atoms with Crippen molar-refractivity contribution in [3.8, 4) is 0 Å². The molecule has 6 heteroatoms. The Morgan fingerprint density at radius 1 is 0.508 bits per heavy atom. The van der Waals surface area contributed by atoms with Crippen LogP contribution in [0.25, 0.3) is 0 Å². The third kappa shape index (κ3) is 41.3. The minimum atomic E-state index is -0.816. The summed E-state index contributed by atoms with van der Waals surface area (Å²) in [4.78, 5) is 26.0. The minimum absolute atomic E-state index is 0.0102. The topological polar surface area (TPSA) is 95.9 Å². The van der Waals surface area contributed by atoms with Gasteiger partial charge >= 0.3 is 5.97 Å². The van der Waals surface area contributed by atoms with E-state index in [1.165, 1.54) is 83.5 Å². The van der Waals surface area contributed by atoms with Crippen LogP contribution in [0.1, 0.15) is 201 Å². The van der Waals surface area contributed by atoms with Crippen molar-refractivity contribution in [1.82, 2.24) is 5.32 Å². The molecule has 0 aliphatic rings. The van der Waals surface area contributed by atoms with Crippen molar-refractivity contribution in [3.05, 3.63) is 97.2 Å². The number of unbranched alkanes of at least 4 members (excludes halogenated alkanes) is 19. The predicted molar refractivity (Wildman–Crippen MR) is 254 cm³/mol. The normalized spacial score (nSPS) is 14.2. The molecule has 0 heterocycles. The fraction of sp³-hybridized carbons (Fsp3) is 0.660. The Morgan fingerprint density at radius 3 is 1.44 bits per heavy atom. The molecule has 6 nitrogen and oxygen atoms in total. The lowest BCUT2D eigenvalue weighted by atomic mass is 10.0. The standard InChI is InChI=1S/C53H89NO5/c1-4-7-10-13-16-19-21-23-25-27-29-31-34-37-40-43-46-53(58)59-49(44-41-38-35-33-30-28-26-24-22-20-17-14-11-8-5-2)47-52(57)54-50(48-55)51(56)45-42-39-36-32-18-15-12-9-6-3/h8,11,14,17,20,22,24-31,33,35,49-51,55-56H,4-7,9-10,12-13,15-16,18-19,21,23,32,34,36-48H2,1-3H3,(H,54,57)/b11-8-,17-14+,22-20+,26-24-,27-25+,30-28+,31-29+,35-33+. The van der Waals surface area contributed by atoms with Gasteiger partial charge in [0.1, 0.15) is 6.10 Å². The molecule has 1 amide bonds. The Morgan fingerprint density at radius 2 is 0.932 bits per heavy atom. The zero-order valence-corrected chi connectivity index (χ0v) is 38.1. The van der Waals surface area contributed by atoms with Crippen LogP contribution in [-0.4, -0.2) is 46.9 Å². The number of rotatable bonds is 41. The zero-order chi connectivity index (χ0) is 43.1. The summed E-state index contributed by atoms with van der Waals surface area (Å²) in [5.41, 5.74) is 0. The van der Waals surface area contributed by atoms with E-state index < -0.39 is 18.2 Å². The largest absolute Gasteiger partial charge is 0.462 e. The first-order valence-electron chi connectivity index (χ1n) is 24.1. The molecule has 336 valence electrons. The summed E-state index contributed by atoms with van der Waals surface area (Å²) >= 11 is 0. The average Bonchev–Trinajstić information content (AvgIpc) is 3.23. The van der Waals surface area contributed by atoms with Gasteiger partial charge in [0.05, 0.1) is 25.2 Å². The number of carbonyl (C=O) groups is 2. The van der Waals surface area contributed by atoms with E-state index in [9.17, 15) is 19.8 Å². The van der Waals surface area contributed by atoms with Crippen LogP contribution in [0.2, 0.25) is 0 Å². The highest BCUT2D eigenvalue weighted by Crippen LogP contribution is 2.16. The van der Waals surface area contributed by atoms with Crippen LogP contribution >= 0.6 is 0 Å². The van der Waals surface area contributed by atoms with Crippen LogP contribution in [-0.2, 0) is 14.3 Å². The summed E-state index contributed by atoms with van der Waals surface area (Å²) in [7, 11) is 0. The van der Waals surface area contributed by atoms with Crippen molar-refractivity contribution in [2.24, 2.45) is 0 Å². The van der Waals surface area contributed by atoms with Gasteiger partial charge in [0, 0.05) is 6.42 Å². The molecule has 0 aliphatic heterocycles. The maximum absolute atomic E-state index is 13.1. The van der Waals surface area contributed by atoms with Crippen molar-refractivity contribution < 1.29 is 24.5 Å². The molecular formula is C53H89NO5. The summed E-state index contributed by atoms with van der Waals surface area (Å²) in [6.45, 7) is 6.26. The monoisotopic (exact) mass is 820 g/mol. The van der Waals surface area contributed by atoms with Gasteiger partial charge in [-0.1, -0.05) is 221 Å². The lowest BCUT2D eigenvalue weighted by molar-refractivity contribution is -0.151. The molecule has 59 heavy (non-hydrogen) atoms. The van der Waals surface area contributed by atoms with Gasteiger partial charge in [0.25, 0.3) is 0 Å².